The fourth-order valence-electron chi connectivity index (χ4n) is 11.2. The first-order chi connectivity index (χ1) is 38.9. The van der Waals surface area contributed by atoms with E-state index < -0.39 is 25.9 Å². The van der Waals surface area contributed by atoms with Gasteiger partial charge in [-0.05, 0) is 137 Å². The van der Waals surface area contributed by atoms with E-state index in [-0.39, 0.29) is 62.3 Å². The molecule has 3 amide bonds. The Balaban J connectivity index is 0.897. The van der Waals surface area contributed by atoms with Gasteiger partial charge in [0.2, 0.25) is 5.91 Å². The molecule has 0 fully saturated rings. The number of fused-ring (bicyclic) bond motifs is 8. The fourth-order valence-corrected chi connectivity index (χ4v) is 15.1. The lowest BCUT2D eigenvalue weighted by Crippen LogP contribution is -2.41. The van der Waals surface area contributed by atoms with Crippen LogP contribution in [0.4, 0.5) is 28.4 Å². The number of ketones is 1. The van der Waals surface area contributed by atoms with Crippen LogP contribution >= 0.6 is 21.6 Å². The van der Waals surface area contributed by atoms with Crippen molar-refractivity contribution in [1.82, 2.24) is 0 Å². The zero-order valence-electron chi connectivity index (χ0n) is 47.3. The Labute approximate surface area is 483 Å². The number of methoxy groups -OCH3 is 1. The van der Waals surface area contributed by atoms with Crippen LogP contribution in [0, 0.1) is 6.92 Å². The number of hydrogen-bond donors (Lipinski definition) is 1. The quantitative estimate of drug-likeness (QED) is 0.0191. The minimum atomic E-state index is -4.09. The van der Waals surface area contributed by atoms with Gasteiger partial charge in [0.1, 0.15) is 30.8 Å². The zero-order valence-corrected chi connectivity index (χ0v) is 49.8. The van der Waals surface area contributed by atoms with E-state index in [2.05, 4.69) is 32.4 Å². The summed E-state index contributed by atoms with van der Waals surface area (Å²) in [5.41, 5.74) is 9.71. The van der Waals surface area contributed by atoms with E-state index in [0.29, 0.717) is 78.8 Å². The maximum Gasteiger partial charge on any atom is 0.277 e. The number of nitrogens with one attached hydrogen (secondary N) is 1. The number of oxime groups is 1. The number of hydrogen-bond acceptors (Lipinski definition) is 16. The number of benzene rings is 5. The molecular formula is C61H72N6O11S3. The third-order valence-corrected chi connectivity index (χ3v) is 20.3. The Morgan fingerprint density at radius 2 is 1.35 bits per heavy atom. The number of unbranched alkanes of at least 4 members (excludes halogenated alkanes) is 1. The summed E-state index contributed by atoms with van der Waals surface area (Å²) in [6, 6.07) is 29.3. The van der Waals surface area contributed by atoms with Crippen molar-refractivity contribution in [3.05, 3.63) is 130 Å². The van der Waals surface area contributed by atoms with Crippen molar-refractivity contribution in [2.45, 2.75) is 114 Å². The van der Waals surface area contributed by atoms with Crippen molar-refractivity contribution in [2.75, 3.05) is 78.7 Å². The summed E-state index contributed by atoms with van der Waals surface area (Å²) in [4.78, 5) is 68.7. The number of Topliss-reactive ketones (excluding diaryl/α,β-unsaturated/α-hetero) is 1. The molecule has 1 unspecified atom stereocenters. The molecule has 0 aromatic heterocycles. The van der Waals surface area contributed by atoms with E-state index in [4.69, 9.17) is 23.2 Å². The molecule has 81 heavy (non-hydrogen) atoms. The van der Waals surface area contributed by atoms with E-state index in [1.165, 1.54) is 33.4 Å². The van der Waals surface area contributed by atoms with Crippen molar-refractivity contribution in [2.24, 2.45) is 5.16 Å². The van der Waals surface area contributed by atoms with Gasteiger partial charge in [-0.3, -0.25) is 23.4 Å². The number of carbonyl (C=O) groups is 4. The minimum Gasteiger partial charge on any atom is -0.493 e. The predicted molar refractivity (Wildman–Crippen MR) is 323 cm³/mol. The molecule has 0 spiro atoms. The second-order valence-corrected chi connectivity index (χ2v) is 26.6. The highest BCUT2D eigenvalue weighted by Crippen LogP contribution is 2.44. The second kappa shape index (κ2) is 25.6. The molecule has 1 N–H and O–H groups in total. The number of aryl methyl sites for hydroxylation is 1. The van der Waals surface area contributed by atoms with Crippen LogP contribution in [-0.2, 0) is 54.8 Å². The first-order valence-corrected chi connectivity index (χ1v) is 31.2. The smallest absolute Gasteiger partial charge is 0.277 e. The SMILES string of the molecule is CC=NOCCCCC(=O)C(CCSSC(C)(C)CCC(=O)Nc1cc(COc2cc3c(cc2C)C(=O)N2c4ccccc4C[C@H]2CN3C)cc(COc2cc3c(cc2OC)C(=O)N2c4ccccc4C[C@H]2CN3C)c1)S(=O)(=O)OC. The number of anilines is 5. The highest BCUT2D eigenvalue weighted by molar-refractivity contribution is 8.77. The van der Waals surface area contributed by atoms with E-state index in [1.807, 2.05) is 117 Å². The van der Waals surface area contributed by atoms with Gasteiger partial charge in [0.25, 0.3) is 21.9 Å². The van der Waals surface area contributed by atoms with Gasteiger partial charge in [-0.25, -0.2) is 0 Å². The molecule has 0 saturated carbocycles. The van der Waals surface area contributed by atoms with E-state index in [1.54, 1.807) is 20.1 Å². The number of ether oxygens (including phenoxy) is 3. The number of rotatable bonds is 25. The predicted octanol–water partition coefficient (Wildman–Crippen LogP) is 10.6. The average Bonchev–Trinajstić information content (AvgIpc) is 4.20. The van der Waals surface area contributed by atoms with E-state index >= 15 is 0 Å². The fraction of sp³-hybridized carbons (Fsp3) is 0.426. The monoisotopic (exact) mass is 1160 g/mol. The summed E-state index contributed by atoms with van der Waals surface area (Å²) in [7, 11) is 5.52. The molecule has 3 atom stereocenters. The molecule has 4 heterocycles. The van der Waals surface area contributed by atoms with Gasteiger partial charge in [0.15, 0.2) is 17.3 Å². The second-order valence-electron chi connectivity index (χ2n) is 21.6. The van der Waals surface area contributed by atoms with Crippen molar-refractivity contribution >= 4 is 89.9 Å². The zero-order chi connectivity index (χ0) is 57.6. The van der Waals surface area contributed by atoms with Crippen molar-refractivity contribution < 1.29 is 50.8 Å². The first-order valence-electron chi connectivity index (χ1n) is 27.4. The van der Waals surface area contributed by atoms with Crippen LogP contribution in [-0.4, -0.2) is 114 Å². The number of nitrogens with zero attached hydrogens (tertiary/aromatic N) is 5. The third-order valence-electron chi connectivity index (χ3n) is 15.3. The van der Waals surface area contributed by atoms with Gasteiger partial charge < -0.3 is 44.0 Å². The van der Waals surface area contributed by atoms with Crippen LogP contribution in [0.25, 0.3) is 0 Å². The Kier molecular flexibility index (Phi) is 18.6. The lowest BCUT2D eigenvalue weighted by molar-refractivity contribution is -0.119. The van der Waals surface area contributed by atoms with Crippen molar-refractivity contribution in [3.8, 4) is 17.2 Å². The molecule has 0 saturated heterocycles. The molecule has 5 aromatic carbocycles. The van der Waals surface area contributed by atoms with E-state index in [9.17, 15) is 27.6 Å². The summed E-state index contributed by atoms with van der Waals surface area (Å²) in [5.74, 6) is 1.13. The average molecular weight is 1160 g/mol. The lowest BCUT2D eigenvalue weighted by atomic mass is 10.1. The Bertz CT molecular complexity index is 3320. The highest BCUT2D eigenvalue weighted by Gasteiger charge is 2.41. The lowest BCUT2D eigenvalue weighted by Gasteiger charge is -2.25. The Morgan fingerprint density at radius 1 is 0.765 bits per heavy atom. The van der Waals surface area contributed by atoms with Crippen molar-refractivity contribution in [3.63, 3.8) is 0 Å². The van der Waals surface area contributed by atoms with E-state index in [0.717, 1.165) is 65.0 Å². The minimum absolute atomic E-state index is 0.00319. The number of likely N-dealkylation sites (N-methyl/N-ethyl adjacent to an activating group) is 2. The number of carbonyl (C=O) groups excluding carboxylic acids is 4. The third kappa shape index (κ3) is 13.5. The molecule has 0 bridgehead atoms. The summed E-state index contributed by atoms with van der Waals surface area (Å²) in [6.45, 7) is 9.55. The molecule has 4 aliphatic rings. The molecule has 430 valence electrons. The largest absolute Gasteiger partial charge is 0.493 e. The number of amides is 3. The van der Waals surface area contributed by atoms with Crippen LogP contribution in [0.1, 0.15) is 108 Å². The molecule has 0 radical (unpaired) electrons. The molecular weight excluding hydrogens is 1090 g/mol. The molecule has 0 aliphatic carbocycles. The van der Waals surface area contributed by atoms with Crippen LogP contribution in [0.5, 0.6) is 17.2 Å². The van der Waals surface area contributed by atoms with Gasteiger partial charge in [0.05, 0.1) is 48.8 Å². The van der Waals surface area contributed by atoms with Crippen LogP contribution in [0.2, 0.25) is 0 Å². The summed E-state index contributed by atoms with van der Waals surface area (Å²) in [6.07, 6.45) is 4.96. The summed E-state index contributed by atoms with van der Waals surface area (Å²) >= 11 is 0. The summed E-state index contributed by atoms with van der Waals surface area (Å²) in [5, 5.41) is 5.54. The van der Waals surface area contributed by atoms with Gasteiger partial charge in [-0.15, -0.1) is 0 Å². The highest BCUT2D eigenvalue weighted by atomic mass is 33.1. The molecule has 20 heteroatoms. The standard InChI is InChI=1S/C61H72N6O11S3/c1-9-62-78-24-15-14-20-53(68)57(81(72,73)75-8)22-25-79-80-61(3,4)23-21-58(69)63-44-28-40(37-76-54-33-51-47(26-39(54)2)59(70)66-45(35-64(51)5)30-42-16-10-12-18-49(42)66)27-41(29-44)38-77-56-34-52-48(32-55(56)74-7)60(71)67-46(36-65(52)6)31-43-17-11-13-19-50(43)67/h9-13,16-19,26-29,32-34,45-46,57H,14-15,20-25,30-31,35-38H2,1-8H3,(H,63,69)/t45-,46-,57?/m0/s1. The Hall–Kier alpha value is -6.74. The number of para-hydroxylation sites is 2. The van der Waals surface area contributed by atoms with Gasteiger partial charge in [-0.1, -0.05) is 63.1 Å². The molecule has 9 rings (SSSR count). The topological polar surface area (TPSA) is 186 Å². The van der Waals surface area contributed by atoms with Crippen molar-refractivity contribution in [1.29, 1.82) is 0 Å². The maximum absolute atomic E-state index is 14.3. The molecule has 4 aliphatic heterocycles. The normalized spacial score (nSPS) is 16.9. The maximum atomic E-state index is 14.3. The first kappa shape index (κ1) is 58.9. The van der Waals surface area contributed by atoms with Gasteiger partial charge >= 0.3 is 0 Å². The van der Waals surface area contributed by atoms with Gasteiger partial charge in [-0.2, -0.15) is 8.42 Å². The molecule has 5 aromatic rings. The Morgan fingerprint density at radius 3 is 1.94 bits per heavy atom. The summed E-state index contributed by atoms with van der Waals surface area (Å²) < 4.78 is 49.1. The molecule has 17 nitrogen and oxygen atoms in total. The van der Waals surface area contributed by atoms with Crippen LogP contribution in [0.15, 0.2) is 96.2 Å². The van der Waals surface area contributed by atoms with Crippen LogP contribution < -0.4 is 39.1 Å². The van der Waals surface area contributed by atoms with Gasteiger partial charge in [0, 0.05) is 85.9 Å². The van der Waals surface area contributed by atoms with Crippen LogP contribution in [0.3, 0.4) is 0 Å².